The van der Waals surface area contributed by atoms with Gasteiger partial charge in [0, 0.05) is 29.1 Å². The molecule has 0 spiro atoms. The summed E-state index contributed by atoms with van der Waals surface area (Å²) in [6.45, 7) is 6.93. The molecule has 1 fully saturated rings. The second-order valence-corrected chi connectivity index (χ2v) is 6.49. The average molecular weight is 278 g/mol. The molecule has 0 bridgehead atoms. The van der Waals surface area contributed by atoms with E-state index in [-0.39, 0.29) is 5.91 Å². The van der Waals surface area contributed by atoms with Crippen LogP contribution in [0.4, 0.5) is 5.69 Å². The fourth-order valence-corrected chi connectivity index (χ4v) is 3.50. The first-order valence-electron chi connectivity index (χ1n) is 6.88. The molecule has 19 heavy (non-hydrogen) atoms. The molecule has 1 amide bonds. The largest absolute Gasteiger partial charge is 0.381 e. The van der Waals surface area contributed by atoms with Crippen LogP contribution in [0.1, 0.15) is 36.2 Å². The van der Waals surface area contributed by atoms with E-state index < -0.39 is 0 Å². The van der Waals surface area contributed by atoms with E-state index >= 15 is 0 Å². The molecule has 0 radical (unpaired) electrons. The molecular weight excluding hydrogens is 256 g/mol. The first-order valence-corrected chi connectivity index (χ1v) is 7.93. The van der Waals surface area contributed by atoms with Gasteiger partial charge in [0.1, 0.15) is 0 Å². The monoisotopic (exact) mass is 278 g/mol. The van der Waals surface area contributed by atoms with Crippen LogP contribution in [0, 0.1) is 6.92 Å². The highest BCUT2D eigenvalue weighted by molar-refractivity contribution is 8.00. The number of aryl methyl sites for hydroxylation is 1. The zero-order chi connectivity index (χ0) is 13.8. The summed E-state index contributed by atoms with van der Waals surface area (Å²) in [6, 6.07) is 6.38. The van der Waals surface area contributed by atoms with Crippen LogP contribution in [0.2, 0.25) is 0 Å². The van der Waals surface area contributed by atoms with Crippen molar-refractivity contribution in [2.24, 2.45) is 0 Å². The van der Waals surface area contributed by atoms with Crippen molar-refractivity contribution in [2.75, 3.05) is 17.6 Å². The van der Waals surface area contributed by atoms with Crippen LogP contribution in [-0.4, -0.2) is 29.5 Å². The van der Waals surface area contributed by atoms with E-state index in [0.29, 0.717) is 17.8 Å². The zero-order valence-electron chi connectivity index (χ0n) is 11.8. The van der Waals surface area contributed by atoms with Gasteiger partial charge in [0.2, 0.25) is 0 Å². The Morgan fingerprint density at radius 2 is 2.26 bits per heavy atom. The minimum Gasteiger partial charge on any atom is -0.381 e. The Morgan fingerprint density at radius 1 is 1.47 bits per heavy atom. The standard InChI is InChI=1S/C15H22N2OS/c1-4-16-15(18)12-6-5-10(2)14(9-12)17-13-7-8-19-11(13)3/h5-6,9,11,13,17H,4,7-8H2,1-3H3,(H,16,18). The van der Waals surface area contributed by atoms with E-state index in [1.807, 2.05) is 36.9 Å². The predicted molar refractivity (Wildman–Crippen MR) is 83.1 cm³/mol. The Hall–Kier alpha value is -1.16. The van der Waals surface area contributed by atoms with E-state index in [2.05, 4.69) is 24.5 Å². The fourth-order valence-electron chi connectivity index (χ4n) is 2.30. The molecule has 1 saturated heterocycles. The van der Waals surface area contributed by atoms with E-state index in [0.717, 1.165) is 11.3 Å². The molecular formula is C15H22N2OS. The maximum atomic E-state index is 11.9. The van der Waals surface area contributed by atoms with Crippen LogP contribution in [0.15, 0.2) is 18.2 Å². The second kappa shape index (κ2) is 6.33. The van der Waals surface area contributed by atoms with Gasteiger partial charge in [-0.3, -0.25) is 4.79 Å². The summed E-state index contributed by atoms with van der Waals surface area (Å²) in [5.74, 6) is 1.22. The van der Waals surface area contributed by atoms with Gasteiger partial charge in [-0.1, -0.05) is 13.0 Å². The molecule has 0 saturated carbocycles. The molecule has 104 valence electrons. The lowest BCUT2D eigenvalue weighted by molar-refractivity contribution is 0.0956. The zero-order valence-corrected chi connectivity index (χ0v) is 12.6. The average Bonchev–Trinajstić information content (AvgIpc) is 2.78. The number of thioether (sulfide) groups is 1. The van der Waals surface area contributed by atoms with Crippen LogP contribution < -0.4 is 10.6 Å². The third-order valence-electron chi connectivity index (χ3n) is 3.55. The summed E-state index contributed by atoms with van der Waals surface area (Å²) < 4.78 is 0. The van der Waals surface area contributed by atoms with Crippen molar-refractivity contribution < 1.29 is 4.79 Å². The Bertz CT molecular complexity index is 461. The van der Waals surface area contributed by atoms with E-state index in [4.69, 9.17) is 0 Å². The second-order valence-electron chi connectivity index (χ2n) is 5.00. The molecule has 1 aromatic carbocycles. The summed E-state index contributed by atoms with van der Waals surface area (Å²) in [5, 5.41) is 7.07. The third-order valence-corrected chi connectivity index (χ3v) is 4.88. The molecule has 2 rings (SSSR count). The van der Waals surface area contributed by atoms with Crippen molar-refractivity contribution in [2.45, 2.75) is 38.5 Å². The van der Waals surface area contributed by atoms with Gasteiger partial charge in [0.05, 0.1) is 0 Å². The molecule has 1 aliphatic rings. The summed E-state index contributed by atoms with van der Waals surface area (Å²) in [7, 11) is 0. The van der Waals surface area contributed by atoms with Crippen LogP contribution in [0.5, 0.6) is 0 Å². The molecule has 2 unspecified atom stereocenters. The van der Waals surface area contributed by atoms with Gasteiger partial charge in [-0.15, -0.1) is 0 Å². The van der Waals surface area contributed by atoms with Crippen LogP contribution in [0.3, 0.4) is 0 Å². The van der Waals surface area contributed by atoms with E-state index in [1.165, 1.54) is 17.7 Å². The maximum absolute atomic E-state index is 11.9. The summed E-state index contributed by atoms with van der Waals surface area (Å²) in [5.41, 5.74) is 3.01. The van der Waals surface area contributed by atoms with Crippen molar-refractivity contribution in [3.63, 3.8) is 0 Å². The lowest BCUT2D eigenvalue weighted by Gasteiger charge is -2.20. The number of carbonyl (C=O) groups excluding carboxylic acids is 1. The summed E-state index contributed by atoms with van der Waals surface area (Å²) >= 11 is 2.01. The van der Waals surface area contributed by atoms with Gasteiger partial charge in [-0.2, -0.15) is 11.8 Å². The van der Waals surface area contributed by atoms with Crippen molar-refractivity contribution in [1.82, 2.24) is 5.32 Å². The molecule has 1 aliphatic heterocycles. The lowest BCUT2D eigenvalue weighted by atomic mass is 10.1. The normalized spacial score (nSPS) is 22.3. The van der Waals surface area contributed by atoms with Crippen LogP contribution in [0.25, 0.3) is 0 Å². The smallest absolute Gasteiger partial charge is 0.251 e. The van der Waals surface area contributed by atoms with Gasteiger partial charge >= 0.3 is 0 Å². The molecule has 3 nitrogen and oxygen atoms in total. The molecule has 1 aromatic rings. The van der Waals surface area contributed by atoms with E-state index in [1.54, 1.807) is 0 Å². The maximum Gasteiger partial charge on any atom is 0.251 e. The topological polar surface area (TPSA) is 41.1 Å². The number of carbonyl (C=O) groups is 1. The highest BCUT2D eigenvalue weighted by atomic mass is 32.2. The third kappa shape index (κ3) is 3.44. The minimum absolute atomic E-state index is 0.000560. The molecule has 2 atom stereocenters. The number of hydrogen-bond acceptors (Lipinski definition) is 3. The molecule has 1 heterocycles. The Morgan fingerprint density at radius 3 is 2.89 bits per heavy atom. The number of anilines is 1. The summed E-state index contributed by atoms with van der Waals surface area (Å²) in [4.78, 5) is 11.9. The highest BCUT2D eigenvalue weighted by Crippen LogP contribution is 2.30. The number of nitrogens with one attached hydrogen (secondary N) is 2. The van der Waals surface area contributed by atoms with Crippen molar-refractivity contribution in [3.8, 4) is 0 Å². The molecule has 4 heteroatoms. The van der Waals surface area contributed by atoms with Gasteiger partial charge in [0.25, 0.3) is 5.91 Å². The Balaban J connectivity index is 2.15. The van der Waals surface area contributed by atoms with Crippen LogP contribution >= 0.6 is 11.8 Å². The molecule has 0 aliphatic carbocycles. The first kappa shape index (κ1) is 14.3. The number of hydrogen-bond donors (Lipinski definition) is 2. The van der Waals surface area contributed by atoms with Crippen molar-refractivity contribution in [1.29, 1.82) is 0 Å². The minimum atomic E-state index is -0.000560. The van der Waals surface area contributed by atoms with Gasteiger partial charge in [-0.25, -0.2) is 0 Å². The molecule has 2 N–H and O–H groups in total. The van der Waals surface area contributed by atoms with Gasteiger partial charge in [0.15, 0.2) is 0 Å². The Kier molecular flexibility index (Phi) is 4.75. The lowest BCUT2D eigenvalue weighted by Crippen LogP contribution is -2.26. The van der Waals surface area contributed by atoms with Crippen LogP contribution in [-0.2, 0) is 0 Å². The molecule has 0 aromatic heterocycles. The van der Waals surface area contributed by atoms with Gasteiger partial charge in [-0.05, 0) is 43.7 Å². The van der Waals surface area contributed by atoms with E-state index in [9.17, 15) is 4.79 Å². The van der Waals surface area contributed by atoms with Crippen molar-refractivity contribution in [3.05, 3.63) is 29.3 Å². The Labute approximate surface area is 119 Å². The highest BCUT2D eigenvalue weighted by Gasteiger charge is 2.24. The predicted octanol–water partition coefficient (Wildman–Crippen LogP) is 3.05. The van der Waals surface area contributed by atoms with Gasteiger partial charge < -0.3 is 10.6 Å². The number of benzene rings is 1. The van der Waals surface area contributed by atoms with Crippen molar-refractivity contribution >= 4 is 23.4 Å². The quantitative estimate of drug-likeness (QED) is 0.889. The fraction of sp³-hybridized carbons (Fsp3) is 0.533. The number of rotatable bonds is 4. The SMILES string of the molecule is CCNC(=O)c1ccc(C)c(NC2CCSC2C)c1. The number of amides is 1. The first-order chi connectivity index (χ1) is 9.11. The summed E-state index contributed by atoms with van der Waals surface area (Å²) in [6.07, 6.45) is 1.19.